The van der Waals surface area contributed by atoms with Crippen LogP contribution in [-0.2, 0) is 11.4 Å². The van der Waals surface area contributed by atoms with Crippen LogP contribution < -0.4 is 23.8 Å². The average molecular weight is 556 g/mol. The fourth-order valence-corrected chi connectivity index (χ4v) is 5.43. The Labute approximate surface area is 214 Å². The molecule has 2 aliphatic heterocycles. The molecule has 1 amide bonds. The molecule has 3 aromatic carbocycles. The van der Waals surface area contributed by atoms with Crippen molar-refractivity contribution in [1.29, 1.82) is 0 Å². The van der Waals surface area contributed by atoms with Crippen LogP contribution in [0.2, 0.25) is 0 Å². The number of methoxy groups -OCH3 is 1. The number of anilines is 1. The molecule has 0 spiro atoms. The van der Waals surface area contributed by atoms with E-state index in [2.05, 4.69) is 15.9 Å². The lowest BCUT2D eigenvalue weighted by molar-refractivity contribution is -0.113. The number of benzene rings is 3. The van der Waals surface area contributed by atoms with Gasteiger partial charge in [-0.15, -0.1) is 0 Å². The molecular formula is C25H18BrNO5S2. The minimum Gasteiger partial charge on any atom is -0.493 e. The molecular weight excluding hydrogens is 538 g/mol. The SMILES string of the molecule is COc1cc(/C=C2/SC(=S)N(c3ccc4c(c3)OCO4)C2=O)cc(Br)c1OCc1ccccc1. The van der Waals surface area contributed by atoms with E-state index in [0.717, 1.165) is 15.6 Å². The normalized spacial score (nSPS) is 15.8. The van der Waals surface area contributed by atoms with Gasteiger partial charge in [0.05, 0.1) is 22.2 Å². The van der Waals surface area contributed by atoms with Crippen LogP contribution in [0.4, 0.5) is 5.69 Å². The van der Waals surface area contributed by atoms with Crippen molar-refractivity contribution in [2.45, 2.75) is 6.61 Å². The third-order valence-electron chi connectivity index (χ3n) is 5.18. The third kappa shape index (κ3) is 4.51. The summed E-state index contributed by atoms with van der Waals surface area (Å²) in [5.41, 5.74) is 2.47. The zero-order chi connectivity index (χ0) is 23.7. The van der Waals surface area contributed by atoms with Gasteiger partial charge in [-0.25, -0.2) is 0 Å². The van der Waals surface area contributed by atoms with E-state index in [9.17, 15) is 4.79 Å². The van der Waals surface area contributed by atoms with E-state index in [1.165, 1.54) is 16.7 Å². The fraction of sp³-hybridized carbons (Fsp3) is 0.120. The van der Waals surface area contributed by atoms with Gasteiger partial charge in [-0.2, -0.15) is 0 Å². The highest BCUT2D eigenvalue weighted by Gasteiger charge is 2.34. The Balaban J connectivity index is 1.39. The van der Waals surface area contributed by atoms with Crippen molar-refractivity contribution in [3.8, 4) is 23.0 Å². The van der Waals surface area contributed by atoms with E-state index in [1.54, 1.807) is 31.4 Å². The molecule has 1 fully saturated rings. The van der Waals surface area contributed by atoms with E-state index in [-0.39, 0.29) is 12.7 Å². The summed E-state index contributed by atoms with van der Waals surface area (Å²) in [4.78, 5) is 15.2. The maximum Gasteiger partial charge on any atom is 0.270 e. The molecule has 9 heteroatoms. The van der Waals surface area contributed by atoms with Crippen LogP contribution in [0, 0.1) is 0 Å². The molecule has 0 radical (unpaired) electrons. The molecule has 0 aromatic heterocycles. The van der Waals surface area contributed by atoms with Gasteiger partial charge >= 0.3 is 0 Å². The van der Waals surface area contributed by atoms with Crippen molar-refractivity contribution in [3.05, 3.63) is 81.2 Å². The molecule has 34 heavy (non-hydrogen) atoms. The first-order valence-electron chi connectivity index (χ1n) is 10.3. The van der Waals surface area contributed by atoms with E-state index in [1.807, 2.05) is 42.5 Å². The summed E-state index contributed by atoms with van der Waals surface area (Å²) in [5.74, 6) is 2.19. The van der Waals surface area contributed by atoms with E-state index < -0.39 is 0 Å². The summed E-state index contributed by atoms with van der Waals surface area (Å²) >= 11 is 10.3. The number of rotatable bonds is 6. The third-order valence-corrected chi connectivity index (χ3v) is 7.07. The molecule has 2 heterocycles. The molecule has 0 atom stereocenters. The van der Waals surface area contributed by atoms with Gasteiger partial charge in [0, 0.05) is 6.07 Å². The zero-order valence-electron chi connectivity index (χ0n) is 17.9. The first-order chi connectivity index (χ1) is 16.5. The second kappa shape index (κ2) is 9.69. The first-order valence-corrected chi connectivity index (χ1v) is 12.3. The predicted molar refractivity (Wildman–Crippen MR) is 140 cm³/mol. The van der Waals surface area contributed by atoms with Gasteiger partial charge in [0.15, 0.2) is 27.3 Å². The summed E-state index contributed by atoms with van der Waals surface area (Å²) in [6.07, 6.45) is 1.79. The van der Waals surface area contributed by atoms with Gasteiger partial charge in [0.2, 0.25) is 6.79 Å². The topological polar surface area (TPSA) is 57.2 Å². The van der Waals surface area contributed by atoms with Gasteiger partial charge in [0.25, 0.3) is 5.91 Å². The highest BCUT2D eigenvalue weighted by molar-refractivity contribution is 9.10. The quantitative estimate of drug-likeness (QED) is 0.266. The number of amides is 1. The number of thiocarbonyl (C=S) groups is 1. The number of carbonyl (C=O) groups is 1. The standard InChI is InChI=1S/C25H18BrNO5S2/c1-29-21-10-16(9-18(26)23(21)30-13-15-5-3-2-4-6-15)11-22-24(28)27(25(33)34-22)17-7-8-19-20(12-17)32-14-31-19/h2-12H,13-14H2,1H3/b22-11+. The average Bonchev–Trinajstić information content (AvgIpc) is 3.41. The number of halogens is 1. The van der Waals surface area contributed by atoms with Crippen molar-refractivity contribution >= 4 is 61.9 Å². The Kier molecular flexibility index (Phi) is 6.49. The molecule has 2 aliphatic rings. The van der Waals surface area contributed by atoms with Gasteiger partial charge in [-0.1, -0.05) is 54.3 Å². The minimum absolute atomic E-state index is 0.166. The van der Waals surface area contributed by atoms with Gasteiger partial charge < -0.3 is 18.9 Å². The van der Waals surface area contributed by atoms with Gasteiger partial charge in [-0.3, -0.25) is 9.69 Å². The molecule has 0 unspecified atom stereocenters. The Morgan fingerprint density at radius 1 is 1.12 bits per heavy atom. The molecule has 0 N–H and O–H groups in total. The van der Waals surface area contributed by atoms with Crippen molar-refractivity contribution in [3.63, 3.8) is 0 Å². The van der Waals surface area contributed by atoms with Gasteiger partial charge in [0.1, 0.15) is 6.61 Å². The lowest BCUT2D eigenvalue weighted by Crippen LogP contribution is -2.27. The second-order valence-corrected chi connectivity index (χ2v) is 9.89. The van der Waals surface area contributed by atoms with E-state index in [4.69, 9.17) is 31.2 Å². The van der Waals surface area contributed by atoms with Crippen LogP contribution in [-0.4, -0.2) is 24.1 Å². The molecule has 5 rings (SSSR count). The number of hydrogen-bond acceptors (Lipinski definition) is 7. The highest BCUT2D eigenvalue weighted by Crippen LogP contribution is 2.42. The number of thioether (sulfide) groups is 1. The van der Waals surface area contributed by atoms with Crippen molar-refractivity contribution in [2.24, 2.45) is 0 Å². The summed E-state index contributed by atoms with van der Waals surface area (Å²) in [5, 5.41) is 0. The van der Waals surface area contributed by atoms with Crippen LogP contribution >= 0.6 is 39.9 Å². The zero-order valence-corrected chi connectivity index (χ0v) is 21.2. The monoisotopic (exact) mass is 555 g/mol. The van der Waals surface area contributed by atoms with E-state index >= 15 is 0 Å². The summed E-state index contributed by atoms with van der Waals surface area (Å²) < 4.78 is 23.5. The Morgan fingerprint density at radius 2 is 1.91 bits per heavy atom. The minimum atomic E-state index is -0.201. The number of fused-ring (bicyclic) bond motifs is 1. The van der Waals surface area contributed by atoms with Crippen molar-refractivity contribution < 1.29 is 23.7 Å². The Bertz CT molecular complexity index is 1310. The largest absolute Gasteiger partial charge is 0.493 e. The van der Waals surface area contributed by atoms with Crippen LogP contribution in [0.25, 0.3) is 6.08 Å². The maximum atomic E-state index is 13.2. The first kappa shape index (κ1) is 22.8. The fourth-order valence-electron chi connectivity index (χ4n) is 3.56. The molecule has 0 saturated carbocycles. The second-order valence-electron chi connectivity index (χ2n) is 7.36. The summed E-state index contributed by atoms with van der Waals surface area (Å²) in [6.45, 7) is 0.572. The molecule has 3 aromatic rings. The van der Waals surface area contributed by atoms with Crippen molar-refractivity contribution in [1.82, 2.24) is 0 Å². The molecule has 6 nitrogen and oxygen atoms in total. The van der Waals surface area contributed by atoms with Crippen molar-refractivity contribution in [2.75, 3.05) is 18.8 Å². The summed E-state index contributed by atoms with van der Waals surface area (Å²) in [7, 11) is 1.58. The van der Waals surface area contributed by atoms with Crippen LogP contribution in [0.15, 0.2) is 70.0 Å². The Morgan fingerprint density at radius 3 is 2.71 bits per heavy atom. The number of nitrogens with zero attached hydrogens (tertiary/aromatic N) is 1. The predicted octanol–water partition coefficient (Wildman–Crippen LogP) is 6.17. The molecule has 1 saturated heterocycles. The van der Waals surface area contributed by atoms with Gasteiger partial charge in [-0.05, 0) is 57.4 Å². The number of hydrogen-bond donors (Lipinski definition) is 0. The smallest absolute Gasteiger partial charge is 0.270 e. The lowest BCUT2D eigenvalue weighted by Gasteiger charge is -2.15. The number of carbonyl (C=O) groups excluding carboxylic acids is 1. The maximum absolute atomic E-state index is 13.2. The Hall–Kier alpha value is -3.01. The van der Waals surface area contributed by atoms with Crippen LogP contribution in [0.3, 0.4) is 0 Å². The molecule has 0 bridgehead atoms. The summed E-state index contributed by atoms with van der Waals surface area (Å²) in [6, 6.07) is 18.9. The molecule has 172 valence electrons. The highest BCUT2D eigenvalue weighted by atomic mass is 79.9. The molecule has 0 aliphatic carbocycles. The number of ether oxygens (including phenoxy) is 4. The van der Waals surface area contributed by atoms with E-state index in [0.29, 0.717) is 44.5 Å². The lowest BCUT2D eigenvalue weighted by atomic mass is 10.1. The van der Waals surface area contributed by atoms with Crippen LogP contribution in [0.1, 0.15) is 11.1 Å². The van der Waals surface area contributed by atoms with Crippen LogP contribution in [0.5, 0.6) is 23.0 Å².